The molecular formula is C26H26ClNO6. The van der Waals surface area contributed by atoms with Gasteiger partial charge in [0.05, 0.1) is 19.6 Å². The Morgan fingerprint density at radius 3 is 2.59 bits per heavy atom. The zero-order valence-electron chi connectivity index (χ0n) is 19.1. The molecule has 0 spiro atoms. The summed E-state index contributed by atoms with van der Waals surface area (Å²) < 4.78 is 22.5. The fourth-order valence-electron chi connectivity index (χ4n) is 4.23. The molecule has 1 aliphatic heterocycles. The second-order valence-electron chi connectivity index (χ2n) is 7.97. The topological polar surface area (TPSA) is 97.1 Å². The van der Waals surface area contributed by atoms with Crippen molar-refractivity contribution in [3.8, 4) is 11.5 Å². The van der Waals surface area contributed by atoms with Gasteiger partial charge in [-0.25, -0.2) is 4.79 Å². The highest BCUT2D eigenvalue weighted by atomic mass is 35.5. The minimum Gasteiger partial charge on any atom is -0.490 e. The van der Waals surface area contributed by atoms with E-state index in [-0.39, 0.29) is 17.2 Å². The molecule has 0 fully saturated rings. The fraction of sp³-hybridized carbons (Fsp3) is 0.308. The Kier molecular flexibility index (Phi) is 7.12. The number of ether oxygens (including phenoxy) is 4. The summed E-state index contributed by atoms with van der Waals surface area (Å²) in [5.41, 5.74) is 8.29. The molecule has 0 aromatic heterocycles. The quantitative estimate of drug-likeness (QED) is 0.566. The Morgan fingerprint density at radius 2 is 1.88 bits per heavy atom. The Labute approximate surface area is 203 Å². The lowest BCUT2D eigenvalue weighted by molar-refractivity contribution is -0.136. The maximum absolute atomic E-state index is 12.9. The van der Waals surface area contributed by atoms with Crippen LogP contribution in [0.5, 0.6) is 11.5 Å². The summed E-state index contributed by atoms with van der Waals surface area (Å²) in [5.74, 6) is 0.0592. The van der Waals surface area contributed by atoms with Crippen molar-refractivity contribution in [1.82, 2.24) is 0 Å². The summed E-state index contributed by atoms with van der Waals surface area (Å²) in [6.07, 6.45) is 1.63. The van der Waals surface area contributed by atoms with Crippen LogP contribution >= 0.6 is 11.6 Å². The molecule has 2 N–H and O–H groups in total. The number of esters is 1. The molecule has 1 atom stereocenters. The van der Waals surface area contributed by atoms with Gasteiger partial charge in [-0.15, -0.1) is 0 Å². The number of methoxy groups -OCH3 is 1. The van der Waals surface area contributed by atoms with Gasteiger partial charge in [-0.05, 0) is 48.7 Å². The normalized spacial score (nSPS) is 17.7. The molecule has 1 heterocycles. The van der Waals surface area contributed by atoms with Gasteiger partial charge >= 0.3 is 5.97 Å². The lowest BCUT2D eigenvalue weighted by Gasteiger charge is -2.32. The zero-order valence-corrected chi connectivity index (χ0v) is 19.8. The summed E-state index contributed by atoms with van der Waals surface area (Å²) in [6.45, 7) is 2.60. The third kappa shape index (κ3) is 4.75. The second-order valence-corrected chi connectivity index (χ2v) is 8.41. The molecule has 8 heteroatoms. The number of carbonyl (C=O) groups excluding carboxylic acids is 2. The first-order valence-electron chi connectivity index (χ1n) is 11.1. The average molecular weight is 484 g/mol. The molecule has 0 bridgehead atoms. The molecule has 0 radical (unpaired) electrons. The Balaban J connectivity index is 1.72. The molecular weight excluding hydrogens is 458 g/mol. The first-order valence-corrected chi connectivity index (χ1v) is 11.5. The van der Waals surface area contributed by atoms with Crippen molar-refractivity contribution in [3.05, 3.63) is 81.4 Å². The van der Waals surface area contributed by atoms with E-state index in [0.717, 1.165) is 5.56 Å². The van der Waals surface area contributed by atoms with E-state index >= 15 is 0 Å². The van der Waals surface area contributed by atoms with Crippen LogP contribution in [-0.4, -0.2) is 25.5 Å². The van der Waals surface area contributed by atoms with Gasteiger partial charge in [0, 0.05) is 23.4 Å². The summed E-state index contributed by atoms with van der Waals surface area (Å²) in [7, 11) is 1.27. The number of rotatable bonds is 7. The molecule has 0 unspecified atom stereocenters. The molecule has 1 aliphatic carbocycles. The van der Waals surface area contributed by atoms with E-state index in [1.54, 1.807) is 30.3 Å². The van der Waals surface area contributed by atoms with E-state index in [1.807, 2.05) is 19.1 Å². The number of ketones is 1. The number of halogens is 1. The molecule has 0 amide bonds. The molecule has 7 nitrogen and oxygen atoms in total. The third-order valence-electron chi connectivity index (χ3n) is 5.80. The molecule has 2 aromatic rings. The number of hydrogen-bond donors (Lipinski definition) is 1. The van der Waals surface area contributed by atoms with Crippen LogP contribution in [0.15, 0.2) is 65.3 Å². The van der Waals surface area contributed by atoms with Crippen LogP contribution in [0.4, 0.5) is 0 Å². The highest BCUT2D eigenvalue weighted by Gasteiger charge is 2.41. The van der Waals surface area contributed by atoms with Gasteiger partial charge in [-0.2, -0.15) is 0 Å². The molecule has 0 saturated carbocycles. The molecule has 2 aromatic carbocycles. The highest BCUT2D eigenvalue weighted by molar-refractivity contribution is 6.30. The standard InChI is InChI=1S/C26H26ClNO6/c1-3-32-21-13-16(9-12-19(21)33-14-15-7-10-17(27)11-8-15)22-23-18(29)5-4-6-20(23)34-25(28)24(22)26(30)31-2/h7-13,22H,3-6,14,28H2,1-2H3/t22-/m0/s1. The van der Waals surface area contributed by atoms with Crippen molar-refractivity contribution >= 4 is 23.4 Å². The number of benzene rings is 2. The predicted molar refractivity (Wildman–Crippen MR) is 126 cm³/mol. The molecule has 34 heavy (non-hydrogen) atoms. The highest BCUT2D eigenvalue weighted by Crippen LogP contribution is 2.45. The molecule has 4 rings (SSSR count). The van der Waals surface area contributed by atoms with Gasteiger partial charge in [0.25, 0.3) is 0 Å². The van der Waals surface area contributed by atoms with Crippen LogP contribution in [0.1, 0.15) is 43.2 Å². The third-order valence-corrected chi connectivity index (χ3v) is 6.05. The van der Waals surface area contributed by atoms with Gasteiger partial charge in [-0.1, -0.05) is 29.8 Å². The number of carbonyl (C=O) groups is 2. The lowest BCUT2D eigenvalue weighted by Crippen LogP contribution is -2.31. The average Bonchev–Trinajstić information content (AvgIpc) is 2.83. The van der Waals surface area contributed by atoms with Crippen molar-refractivity contribution in [3.63, 3.8) is 0 Å². The van der Waals surface area contributed by atoms with Gasteiger partial charge < -0.3 is 24.7 Å². The van der Waals surface area contributed by atoms with Crippen molar-refractivity contribution in [2.24, 2.45) is 5.73 Å². The van der Waals surface area contributed by atoms with Gasteiger partial charge in [0.2, 0.25) is 5.88 Å². The molecule has 178 valence electrons. The number of hydrogen-bond acceptors (Lipinski definition) is 7. The molecule has 2 aliphatic rings. The Morgan fingerprint density at radius 1 is 1.12 bits per heavy atom. The Bertz CT molecular complexity index is 1170. The van der Waals surface area contributed by atoms with Gasteiger partial charge in [-0.3, -0.25) is 4.79 Å². The van der Waals surface area contributed by atoms with Crippen molar-refractivity contribution in [2.75, 3.05) is 13.7 Å². The van der Waals surface area contributed by atoms with Crippen molar-refractivity contribution in [2.45, 2.75) is 38.7 Å². The van der Waals surface area contributed by atoms with E-state index in [1.165, 1.54) is 7.11 Å². The number of Topliss-reactive ketones (excluding diaryl/α,β-unsaturated/α-hetero) is 1. The van der Waals surface area contributed by atoms with Gasteiger partial charge in [0.15, 0.2) is 17.3 Å². The monoisotopic (exact) mass is 483 g/mol. The first-order chi connectivity index (χ1) is 16.4. The SMILES string of the molecule is CCOc1cc([C@@H]2C(C(=O)OC)=C(N)OC3=C2C(=O)CCC3)ccc1OCc1ccc(Cl)cc1. The smallest absolute Gasteiger partial charge is 0.340 e. The van der Waals surface area contributed by atoms with Crippen molar-refractivity contribution in [1.29, 1.82) is 0 Å². The van der Waals surface area contributed by atoms with Crippen LogP contribution in [0.2, 0.25) is 5.02 Å². The minimum atomic E-state index is -0.714. The number of nitrogens with two attached hydrogens (primary N) is 1. The largest absolute Gasteiger partial charge is 0.490 e. The van der Waals surface area contributed by atoms with Gasteiger partial charge in [0.1, 0.15) is 17.9 Å². The predicted octanol–water partition coefficient (Wildman–Crippen LogP) is 4.78. The zero-order chi connectivity index (χ0) is 24.2. The fourth-order valence-corrected chi connectivity index (χ4v) is 4.36. The maximum atomic E-state index is 12.9. The van der Waals surface area contributed by atoms with Crippen LogP contribution in [0.25, 0.3) is 0 Å². The number of allylic oxidation sites excluding steroid dienone is 2. The maximum Gasteiger partial charge on any atom is 0.340 e. The first kappa shape index (κ1) is 23.7. The lowest BCUT2D eigenvalue weighted by atomic mass is 9.77. The van der Waals surface area contributed by atoms with Crippen LogP contribution in [0, 0.1) is 0 Å². The van der Waals surface area contributed by atoms with E-state index in [4.69, 9.17) is 36.3 Å². The van der Waals surface area contributed by atoms with E-state index < -0.39 is 11.9 Å². The summed E-state index contributed by atoms with van der Waals surface area (Å²) in [4.78, 5) is 25.6. The molecule has 0 saturated heterocycles. The summed E-state index contributed by atoms with van der Waals surface area (Å²) >= 11 is 5.96. The summed E-state index contributed by atoms with van der Waals surface area (Å²) in [5, 5.41) is 0.652. The van der Waals surface area contributed by atoms with E-state index in [2.05, 4.69) is 0 Å². The second kappa shape index (κ2) is 10.2. The summed E-state index contributed by atoms with van der Waals surface area (Å²) in [6, 6.07) is 12.7. The Hall–Kier alpha value is -3.45. The van der Waals surface area contributed by atoms with Crippen molar-refractivity contribution < 1.29 is 28.5 Å². The van der Waals surface area contributed by atoms with Crippen LogP contribution in [-0.2, 0) is 25.7 Å². The van der Waals surface area contributed by atoms with Crippen LogP contribution < -0.4 is 15.2 Å². The minimum absolute atomic E-state index is 0.0497. The van der Waals surface area contributed by atoms with E-state index in [9.17, 15) is 9.59 Å². The van der Waals surface area contributed by atoms with E-state index in [0.29, 0.717) is 65.9 Å². The van der Waals surface area contributed by atoms with Crippen LogP contribution in [0.3, 0.4) is 0 Å².